The van der Waals surface area contributed by atoms with Crippen LogP contribution in [0.3, 0.4) is 0 Å². The van der Waals surface area contributed by atoms with Gasteiger partial charge in [0, 0.05) is 60.8 Å². The molecular formula is C24H30N6OS. The van der Waals surface area contributed by atoms with Crippen molar-refractivity contribution in [2.45, 2.75) is 25.6 Å². The molecule has 4 N–H and O–H groups in total. The number of nitrogens with one attached hydrogen (secondary N) is 3. The molecule has 1 fully saturated rings. The van der Waals surface area contributed by atoms with Crippen LogP contribution in [0.4, 0.5) is 5.69 Å². The van der Waals surface area contributed by atoms with Crippen LogP contribution in [-0.4, -0.2) is 58.6 Å². The number of aliphatic hydroxyl groups is 1. The highest BCUT2D eigenvalue weighted by Gasteiger charge is 2.30. The van der Waals surface area contributed by atoms with Crippen molar-refractivity contribution >= 4 is 39.6 Å². The summed E-state index contributed by atoms with van der Waals surface area (Å²) in [6, 6.07) is 6.31. The molecule has 0 radical (unpaired) electrons. The number of allylic oxidation sites excluding steroid dienone is 4. The molecule has 4 rings (SSSR count). The number of hydrogen-bond acceptors (Lipinski definition) is 8. The van der Waals surface area contributed by atoms with E-state index in [1.165, 1.54) is 5.69 Å². The van der Waals surface area contributed by atoms with Crippen molar-refractivity contribution in [1.82, 2.24) is 20.6 Å². The van der Waals surface area contributed by atoms with E-state index in [2.05, 4.69) is 40.8 Å². The van der Waals surface area contributed by atoms with E-state index in [-0.39, 0.29) is 16.3 Å². The van der Waals surface area contributed by atoms with Crippen LogP contribution < -0.4 is 15.5 Å². The average molecular weight is 451 g/mol. The monoisotopic (exact) mass is 450 g/mol. The summed E-state index contributed by atoms with van der Waals surface area (Å²) in [7, 11) is 1.79. The fraction of sp³-hybridized carbons (Fsp3) is 0.375. The minimum Gasteiger partial charge on any atom is -0.507 e. The molecule has 2 aromatic rings. The molecule has 1 aromatic carbocycles. The summed E-state index contributed by atoms with van der Waals surface area (Å²) in [4.78, 5) is 11.9. The van der Waals surface area contributed by atoms with Crippen molar-refractivity contribution in [3.8, 4) is 0 Å². The molecule has 0 bridgehead atoms. The maximum Gasteiger partial charge on any atom is 0.163 e. The number of anilines is 1. The maximum atomic E-state index is 10.7. The number of hydrogen-bond donors (Lipinski definition) is 4. The van der Waals surface area contributed by atoms with Crippen LogP contribution in [0.25, 0.3) is 16.5 Å². The van der Waals surface area contributed by atoms with Crippen LogP contribution in [0.5, 0.6) is 0 Å². The first-order chi connectivity index (χ1) is 15.3. The van der Waals surface area contributed by atoms with Crippen LogP contribution in [0.15, 0.2) is 47.4 Å². The van der Waals surface area contributed by atoms with Gasteiger partial charge in [0.25, 0.3) is 0 Å². The molecule has 2 heterocycles. The van der Waals surface area contributed by atoms with Crippen LogP contribution in [0.2, 0.25) is 0 Å². The number of benzene rings is 1. The van der Waals surface area contributed by atoms with Gasteiger partial charge in [-0.05, 0) is 51.3 Å². The Morgan fingerprint density at radius 2 is 2.09 bits per heavy atom. The summed E-state index contributed by atoms with van der Waals surface area (Å²) >= 11 is 1.84. The van der Waals surface area contributed by atoms with Gasteiger partial charge in [-0.25, -0.2) is 9.97 Å². The fourth-order valence-electron chi connectivity index (χ4n) is 4.17. The summed E-state index contributed by atoms with van der Waals surface area (Å²) in [5.74, 6) is 0.516. The van der Waals surface area contributed by atoms with Crippen molar-refractivity contribution < 1.29 is 5.11 Å². The SMILES string of the molecule is CN/C=C1/C=C(c2nc(C)c3cc(N4CCNC(C)(SC)C4)ccc3n2)C(O)=C(C)C1=N. The topological polar surface area (TPSA) is 97.2 Å². The van der Waals surface area contributed by atoms with E-state index in [1.807, 2.05) is 24.8 Å². The number of aliphatic hydroxyl groups excluding tert-OH is 1. The molecule has 0 saturated carbocycles. The molecule has 1 atom stereocenters. The zero-order valence-corrected chi connectivity index (χ0v) is 20.0. The lowest BCUT2D eigenvalue weighted by Gasteiger charge is -2.41. The van der Waals surface area contributed by atoms with E-state index in [4.69, 9.17) is 15.4 Å². The summed E-state index contributed by atoms with van der Waals surface area (Å²) in [6.07, 6.45) is 5.65. The van der Waals surface area contributed by atoms with Crippen molar-refractivity contribution in [2.24, 2.45) is 0 Å². The molecule has 1 aliphatic carbocycles. The van der Waals surface area contributed by atoms with Crippen molar-refractivity contribution in [2.75, 3.05) is 37.8 Å². The first-order valence-electron chi connectivity index (χ1n) is 10.7. The Balaban J connectivity index is 1.74. The lowest BCUT2D eigenvalue weighted by molar-refractivity contribution is 0.432. The van der Waals surface area contributed by atoms with E-state index in [1.54, 1.807) is 26.2 Å². The largest absolute Gasteiger partial charge is 0.507 e. The van der Waals surface area contributed by atoms with Crippen molar-refractivity contribution in [3.05, 3.63) is 58.9 Å². The lowest BCUT2D eigenvalue weighted by atomic mass is 9.92. The number of thioether (sulfide) groups is 1. The Kier molecular flexibility index (Phi) is 6.01. The molecule has 8 heteroatoms. The van der Waals surface area contributed by atoms with Gasteiger partial charge < -0.3 is 15.3 Å². The Morgan fingerprint density at radius 1 is 1.31 bits per heavy atom. The first-order valence-corrected chi connectivity index (χ1v) is 11.9. The molecule has 1 aliphatic heterocycles. The highest BCUT2D eigenvalue weighted by molar-refractivity contribution is 7.99. The van der Waals surface area contributed by atoms with Gasteiger partial charge in [0.15, 0.2) is 5.82 Å². The van der Waals surface area contributed by atoms with E-state index < -0.39 is 0 Å². The molecule has 32 heavy (non-hydrogen) atoms. The second kappa shape index (κ2) is 8.60. The van der Waals surface area contributed by atoms with Crippen molar-refractivity contribution in [3.63, 3.8) is 0 Å². The van der Waals surface area contributed by atoms with Gasteiger partial charge in [0.2, 0.25) is 0 Å². The Labute approximate surface area is 193 Å². The predicted molar refractivity (Wildman–Crippen MR) is 135 cm³/mol. The number of aromatic nitrogens is 2. The minimum absolute atomic E-state index is 0.0318. The van der Waals surface area contributed by atoms with Crippen LogP contribution in [0, 0.1) is 12.3 Å². The molecule has 7 nitrogen and oxygen atoms in total. The highest BCUT2D eigenvalue weighted by atomic mass is 32.2. The maximum absolute atomic E-state index is 10.7. The Morgan fingerprint density at radius 3 is 2.81 bits per heavy atom. The van der Waals surface area contributed by atoms with Crippen LogP contribution in [0.1, 0.15) is 25.4 Å². The zero-order chi connectivity index (χ0) is 23.0. The van der Waals surface area contributed by atoms with E-state index in [9.17, 15) is 5.11 Å². The van der Waals surface area contributed by atoms with Gasteiger partial charge in [-0.15, -0.1) is 11.8 Å². The third-order valence-corrected chi connectivity index (χ3v) is 7.35. The van der Waals surface area contributed by atoms with Crippen LogP contribution >= 0.6 is 11.8 Å². The molecule has 1 unspecified atom stereocenters. The number of fused-ring (bicyclic) bond motifs is 1. The summed E-state index contributed by atoms with van der Waals surface area (Å²) in [6.45, 7) is 8.78. The second-order valence-electron chi connectivity index (χ2n) is 8.41. The van der Waals surface area contributed by atoms with Gasteiger partial charge in [0.1, 0.15) is 5.76 Å². The molecule has 1 saturated heterocycles. The molecule has 0 amide bonds. The van der Waals surface area contributed by atoms with E-state index in [0.29, 0.717) is 22.5 Å². The number of rotatable bonds is 4. The van der Waals surface area contributed by atoms with Crippen molar-refractivity contribution in [1.29, 1.82) is 5.41 Å². The standard InChI is InChI=1S/C24H30N6OS/c1-14-21(25)16(12-26-4)10-19(22(14)31)23-28-15(2)18-11-17(6-7-20(18)29-23)30-9-8-27-24(3,13-30)32-5/h6-7,10-12,25-27,31H,8-9,13H2,1-5H3/b16-12-,25-21?. The number of aryl methyl sites for hydroxylation is 1. The van der Waals surface area contributed by atoms with E-state index >= 15 is 0 Å². The molecule has 0 spiro atoms. The third kappa shape index (κ3) is 4.00. The Bertz CT molecular complexity index is 1180. The molecule has 1 aromatic heterocycles. The minimum atomic E-state index is 0.0318. The number of piperazine rings is 1. The Hall–Kier alpha value is -2.84. The summed E-state index contributed by atoms with van der Waals surface area (Å²) in [5.41, 5.74) is 4.89. The van der Waals surface area contributed by atoms with Gasteiger partial charge >= 0.3 is 0 Å². The smallest absolute Gasteiger partial charge is 0.163 e. The van der Waals surface area contributed by atoms with Gasteiger partial charge in [-0.3, -0.25) is 10.7 Å². The van der Waals surface area contributed by atoms with E-state index in [0.717, 1.165) is 36.2 Å². The van der Waals surface area contributed by atoms with Gasteiger partial charge in [0.05, 0.1) is 21.7 Å². The third-order valence-electron chi connectivity index (χ3n) is 6.17. The first kappa shape index (κ1) is 22.4. The van der Waals surface area contributed by atoms with Crippen LogP contribution in [-0.2, 0) is 0 Å². The average Bonchev–Trinajstić information content (AvgIpc) is 2.79. The normalized spacial score (nSPS) is 23.2. The molecular weight excluding hydrogens is 420 g/mol. The zero-order valence-electron chi connectivity index (χ0n) is 19.2. The second-order valence-corrected chi connectivity index (χ2v) is 9.72. The predicted octanol–water partition coefficient (Wildman–Crippen LogP) is 3.78. The van der Waals surface area contributed by atoms with Gasteiger partial charge in [-0.2, -0.15) is 0 Å². The van der Waals surface area contributed by atoms with Gasteiger partial charge in [-0.1, -0.05) is 0 Å². The number of nitrogens with zero attached hydrogens (tertiary/aromatic N) is 3. The fourth-order valence-corrected chi connectivity index (χ4v) is 4.70. The lowest BCUT2D eigenvalue weighted by Crippen LogP contribution is -2.56. The molecule has 2 aliphatic rings. The summed E-state index contributed by atoms with van der Waals surface area (Å²) in [5, 5.41) is 26.5. The molecule has 168 valence electrons. The summed E-state index contributed by atoms with van der Waals surface area (Å²) < 4.78 is 0. The highest BCUT2D eigenvalue weighted by Crippen LogP contribution is 2.33. The quantitative estimate of drug-likeness (QED) is 0.563.